The number of fused-ring (bicyclic) bond motifs is 1. The van der Waals surface area contributed by atoms with Gasteiger partial charge in [-0.15, -0.1) is 11.3 Å². The number of H-pyrrole nitrogens is 1. The number of benzene rings is 1. The molecule has 0 aliphatic heterocycles. The molecule has 0 saturated carbocycles. The zero-order valence-corrected chi connectivity index (χ0v) is 15.3. The lowest BCUT2D eigenvalue weighted by Crippen LogP contribution is -2.09. The van der Waals surface area contributed by atoms with Gasteiger partial charge in [0.15, 0.2) is 0 Å². The molecule has 0 fully saturated rings. The highest BCUT2D eigenvalue weighted by Crippen LogP contribution is 2.38. The number of pyridine rings is 1. The van der Waals surface area contributed by atoms with E-state index in [2.05, 4.69) is 15.0 Å². The van der Waals surface area contributed by atoms with Crippen molar-refractivity contribution in [2.24, 2.45) is 0 Å². The van der Waals surface area contributed by atoms with Crippen LogP contribution >= 0.6 is 34.5 Å². The van der Waals surface area contributed by atoms with E-state index in [4.69, 9.17) is 23.2 Å². The molecular weight excluding hydrogens is 377 g/mol. The van der Waals surface area contributed by atoms with E-state index in [0.29, 0.717) is 26.1 Å². The fourth-order valence-corrected chi connectivity index (χ4v) is 4.10. The molecule has 0 radical (unpaired) electrons. The van der Waals surface area contributed by atoms with Gasteiger partial charge in [0.25, 0.3) is 5.56 Å². The Balaban J connectivity index is 1.97. The third-order valence-corrected chi connectivity index (χ3v) is 5.62. The van der Waals surface area contributed by atoms with Crippen molar-refractivity contribution in [2.45, 2.75) is 6.92 Å². The molecule has 0 aliphatic carbocycles. The summed E-state index contributed by atoms with van der Waals surface area (Å²) in [6.07, 6.45) is 3.35. The standard InChI is InChI=1S/C18H11Cl2N3OS/c1-9-14(10-4-5-12(19)13(20)7-10)15-17(24)22-16(23-18(15)25-9)11-3-2-6-21-8-11/h2-8H,1H3,(H,22,23,24). The molecular formula is C18H11Cl2N3OS. The number of hydrogen-bond acceptors (Lipinski definition) is 4. The number of hydrogen-bond donors (Lipinski definition) is 1. The van der Waals surface area contributed by atoms with Crippen LogP contribution < -0.4 is 5.56 Å². The van der Waals surface area contributed by atoms with Crippen LogP contribution in [-0.4, -0.2) is 15.0 Å². The summed E-state index contributed by atoms with van der Waals surface area (Å²) < 4.78 is 0. The SMILES string of the molecule is Cc1sc2nc(-c3cccnc3)[nH]c(=O)c2c1-c1ccc(Cl)c(Cl)c1. The normalized spacial score (nSPS) is 11.2. The van der Waals surface area contributed by atoms with Crippen LogP contribution in [0.1, 0.15) is 4.88 Å². The van der Waals surface area contributed by atoms with Crippen molar-refractivity contribution in [1.82, 2.24) is 15.0 Å². The van der Waals surface area contributed by atoms with Crippen molar-refractivity contribution in [3.05, 3.63) is 68.0 Å². The van der Waals surface area contributed by atoms with Crippen LogP contribution in [0, 0.1) is 6.92 Å². The van der Waals surface area contributed by atoms with Gasteiger partial charge in [-0.3, -0.25) is 9.78 Å². The van der Waals surface area contributed by atoms with E-state index >= 15 is 0 Å². The second kappa shape index (κ2) is 6.26. The first-order valence-corrected chi connectivity index (χ1v) is 9.01. The molecule has 0 saturated heterocycles. The average molecular weight is 388 g/mol. The van der Waals surface area contributed by atoms with Gasteiger partial charge in [-0.2, -0.15) is 0 Å². The predicted molar refractivity (Wildman–Crippen MR) is 104 cm³/mol. The summed E-state index contributed by atoms with van der Waals surface area (Å²) in [6.45, 7) is 1.97. The van der Waals surface area contributed by atoms with Crippen LogP contribution in [0.15, 0.2) is 47.5 Å². The van der Waals surface area contributed by atoms with E-state index in [1.54, 1.807) is 30.6 Å². The van der Waals surface area contributed by atoms with Crippen molar-refractivity contribution in [2.75, 3.05) is 0 Å². The number of aromatic nitrogens is 3. The third kappa shape index (κ3) is 2.84. The number of nitrogens with one attached hydrogen (secondary N) is 1. The van der Waals surface area contributed by atoms with E-state index in [1.165, 1.54) is 11.3 Å². The summed E-state index contributed by atoms with van der Waals surface area (Å²) in [5.41, 5.74) is 2.27. The number of thiophene rings is 1. The van der Waals surface area contributed by atoms with Crippen molar-refractivity contribution >= 4 is 44.8 Å². The van der Waals surface area contributed by atoms with Gasteiger partial charge in [-0.25, -0.2) is 4.98 Å². The minimum atomic E-state index is -0.186. The third-order valence-electron chi connectivity index (χ3n) is 3.88. The first-order valence-electron chi connectivity index (χ1n) is 7.44. The Morgan fingerprint density at radius 3 is 2.68 bits per heavy atom. The van der Waals surface area contributed by atoms with Gasteiger partial charge in [0.05, 0.1) is 15.4 Å². The van der Waals surface area contributed by atoms with Crippen LogP contribution in [0.5, 0.6) is 0 Å². The molecule has 1 aromatic carbocycles. The zero-order valence-electron chi connectivity index (χ0n) is 13.0. The largest absolute Gasteiger partial charge is 0.306 e. The summed E-state index contributed by atoms with van der Waals surface area (Å²) in [5, 5.41) is 1.50. The maximum absolute atomic E-state index is 12.8. The second-order valence-electron chi connectivity index (χ2n) is 5.50. The number of nitrogens with zero attached hydrogens (tertiary/aromatic N) is 2. The topological polar surface area (TPSA) is 58.6 Å². The fraction of sp³-hybridized carbons (Fsp3) is 0.0556. The van der Waals surface area contributed by atoms with E-state index in [-0.39, 0.29) is 5.56 Å². The highest BCUT2D eigenvalue weighted by atomic mass is 35.5. The van der Waals surface area contributed by atoms with Gasteiger partial charge in [0.1, 0.15) is 10.7 Å². The van der Waals surface area contributed by atoms with Crippen molar-refractivity contribution in [3.8, 4) is 22.5 Å². The molecule has 4 nitrogen and oxygen atoms in total. The van der Waals surface area contributed by atoms with Gasteiger partial charge in [0, 0.05) is 28.4 Å². The second-order valence-corrected chi connectivity index (χ2v) is 7.52. The monoisotopic (exact) mass is 387 g/mol. The van der Waals surface area contributed by atoms with E-state index in [1.807, 2.05) is 19.1 Å². The van der Waals surface area contributed by atoms with Crippen LogP contribution in [0.2, 0.25) is 10.0 Å². The predicted octanol–water partition coefficient (Wildman–Crippen LogP) is 5.33. The molecule has 1 N–H and O–H groups in total. The Hall–Kier alpha value is -2.21. The Labute approximate surface area is 157 Å². The number of halogens is 2. The lowest BCUT2D eigenvalue weighted by molar-refractivity contribution is 1.17. The van der Waals surface area contributed by atoms with Crippen LogP contribution in [0.25, 0.3) is 32.7 Å². The summed E-state index contributed by atoms with van der Waals surface area (Å²) in [7, 11) is 0. The average Bonchev–Trinajstić information content (AvgIpc) is 2.94. The molecule has 4 aromatic rings. The molecule has 3 heterocycles. The van der Waals surface area contributed by atoms with Crippen LogP contribution in [0.4, 0.5) is 0 Å². The lowest BCUT2D eigenvalue weighted by atomic mass is 10.0. The Morgan fingerprint density at radius 1 is 1.12 bits per heavy atom. The van der Waals surface area contributed by atoms with Crippen LogP contribution in [-0.2, 0) is 0 Å². The Kier molecular flexibility index (Phi) is 4.07. The molecule has 3 aromatic heterocycles. The molecule has 0 aliphatic rings. The molecule has 7 heteroatoms. The van der Waals surface area contributed by atoms with Gasteiger partial charge in [-0.05, 0) is 36.8 Å². The van der Waals surface area contributed by atoms with Crippen LogP contribution in [0.3, 0.4) is 0 Å². The maximum atomic E-state index is 12.8. The Morgan fingerprint density at radius 2 is 1.96 bits per heavy atom. The summed E-state index contributed by atoms with van der Waals surface area (Å²) in [5.74, 6) is 0.507. The maximum Gasteiger partial charge on any atom is 0.260 e. The summed E-state index contributed by atoms with van der Waals surface area (Å²) in [6, 6.07) is 9.02. The molecule has 0 amide bonds. The highest BCUT2D eigenvalue weighted by Gasteiger charge is 2.17. The molecule has 124 valence electrons. The van der Waals surface area contributed by atoms with Gasteiger partial charge < -0.3 is 4.98 Å². The minimum absolute atomic E-state index is 0.186. The molecule has 0 atom stereocenters. The zero-order chi connectivity index (χ0) is 17.6. The van der Waals surface area contributed by atoms with Gasteiger partial charge in [0.2, 0.25) is 0 Å². The van der Waals surface area contributed by atoms with Gasteiger partial charge in [-0.1, -0.05) is 29.3 Å². The summed E-state index contributed by atoms with van der Waals surface area (Å²) >= 11 is 13.6. The highest BCUT2D eigenvalue weighted by molar-refractivity contribution is 7.19. The van der Waals surface area contributed by atoms with E-state index in [9.17, 15) is 4.79 Å². The quantitative estimate of drug-likeness (QED) is 0.505. The minimum Gasteiger partial charge on any atom is -0.306 e. The first kappa shape index (κ1) is 16.3. The Bertz CT molecular complexity index is 1150. The molecule has 4 rings (SSSR count). The number of aromatic amines is 1. The van der Waals surface area contributed by atoms with Crippen molar-refractivity contribution in [3.63, 3.8) is 0 Å². The van der Waals surface area contributed by atoms with E-state index in [0.717, 1.165) is 21.6 Å². The number of rotatable bonds is 2. The fourth-order valence-electron chi connectivity index (χ4n) is 2.76. The molecule has 25 heavy (non-hydrogen) atoms. The van der Waals surface area contributed by atoms with Crippen molar-refractivity contribution < 1.29 is 0 Å². The number of aryl methyl sites for hydroxylation is 1. The summed E-state index contributed by atoms with van der Waals surface area (Å²) in [4.78, 5) is 26.0. The molecule has 0 bridgehead atoms. The van der Waals surface area contributed by atoms with E-state index < -0.39 is 0 Å². The van der Waals surface area contributed by atoms with Crippen molar-refractivity contribution in [1.29, 1.82) is 0 Å². The first-order chi connectivity index (χ1) is 12.0. The smallest absolute Gasteiger partial charge is 0.260 e. The molecule has 0 unspecified atom stereocenters. The molecule has 0 spiro atoms. The lowest BCUT2D eigenvalue weighted by Gasteiger charge is -2.04. The van der Waals surface area contributed by atoms with Gasteiger partial charge >= 0.3 is 0 Å².